The quantitative estimate of drug-likeness (QED) is 0.652. The van der Waals surface area contributed by atoms with Crippen molar-refractivity contribution in [1.82, 2.24) is 4.73 Å². The highest BCUT2D eigenvalue weighted by Gasteiger charge is 2.33. The molecule has 2 N–H and O–H groups in total. The number of nitrogens with zero attached hydrogens (tertiary/aromatic N) is 2. The number of aliphatic carboxylic acids is 1. The number of hydrogen-bond acceptors (Lipinski definition) is 3. The van der Waals surface area contributed by atoms with Crippen LogP contribution in [-0.4, -0.2) is 28.1 Å². The van der Waals surface area contributed by atoms with Gasteiger partial charge in [-0.1, -0.05) is 12.1 Å². The van der Waals surface area contributed by atoms with Crippen molar-refractivity contribution in [1.29, 1.82) is 0 Å². The molecule has 1 aromatic carbocycles. The van der Waals surface area contributed by atoms with Crippen molar-refractivity contribution in [3.8, 4) is 5.75 Å². The van der Waals surface area contributed by atoms with E-state index in [9.17, 15) is 15.1 Å². The van der Waals surface area contributed by atoms with Gasteiger partial charge in [0.25, 0.3) is 0 Å². The smallest absolute Gasteiger partial charge is 0.304 e. The second-order valence-electron chi connectivity index (χ2n) is 5.32. The normalized spacial score (nSPS) is 12.2. The van der Waals surface area contributed by atoms with Crippen molar-refractivity contribution in [2.75, 3.05) is 7.11 Å². The summed E-state index contributed by atoms with van der Waals surface area (Å²) in [5.74, 6) is -0.125. The van der Waals surface area contributed by atoms with Crippen LogP contribution in [0.4, 0.5) is 0 Å². The van der Waals surface area contributed by atoms with E-state index in [1.165, 1.54) is 0 Å². The van der Waals surface area contributed by atoms with Crippen LogP contribution in [0.5, 0.6) is 5.75 Å². The average Bonchev–Trinajstić information content (AvgIpc) is 2.69. The number of carboxylic acids is 1. The molecule has 1 atom stereocenters. The first-order chi connectivity index (χ1) is 10.4. The Hall–Kier alpha value is -2.50. The van der Waals surface area contributed by atoms with E-state index in [0.29, 0.717) is 17.3 Å². The number of carboxylic acid groups (broad SMARTS) is 1. The molecule has 0 bridgehead atoms. The zero-order valence-corrected chi connectivity index (χ0v) is 13.2. The number of ether oxygens (including phenoxy) is 1. The van der Waals surface area contributed by atoms with Crippen LogP contribution < -0.4 is 9.30 Å². The first kappa shape index (κ1) is 15.9. The molecular weight excluding hydrogens is 284 g/mol. The fourth-order valence-corrected chi connectivity index (χ4v) is 2.63. The fourth-order valence-electron chi connectivity index (χ4n) is 2.63. The van der Waals surface area contributed by atoms with Gasteiger partial charge in [-0.15, -0.1) is 0 Å². The van der Waals surface area contributed by atoms with Crippen LogP contribution in [0.1, 0.15) is 35.1 Å². The Morgan fingerprint density at radius 2 is 1.91 bits per heavy atom. The molecule has 0 saturated heterocycles. The summed E-state index contributed by atoms with van der Waals surface area (Å²) in [5, 5.41) is 19.6. The molecule has 0 fully saturated rings. The van der Waals surface area contributed by atoms with E-state index in [1.54, 1.807) is 26.2 Å². The van der Waals surface area contributed by atoms with E-state index in [2.05, 4.69) is 0 Å². The van der Waals surface area contributed by atoms with Crippen LogP contribution in [0, 0.1) is 13.8 Å². The molecule has 2 rings (SSSR count). The van der Waals surface area contributed by atoms with Crippen LogP contribution in [0.2, 0.25) is 0 Å². The highest BCUT2D eigenvalue weighted by molar-refractivity contribution is 5.68. The minimum absolute atomic E-state index is 0.108. The van der Waals surface area contributed by atoms with Crippen LogP contribution in [0.15, 0.2) is 24.3 Å². The molecule has 0 amide bonds. The fraction of sp³-hybridized carbons (Fsp3) is 0.375. The highest BCUT2D eigenvalue weighted by Crippen LogP contribution is 2.28. The number of rotatable bonds is 5. The van der Waals surface area contributed by atoms with Crippen LogP contribution >= 0.6 is 0 Å². The van der Waals surface area contributed by atoms with Gasteiger partial charge in [0.05, 0.1) is 26.5 Å². The van der Waals surface area contributed by atoms with Crippen LogP contribution in [0.3, 0.4) is 0 Å². The summed E-state index contributed by atoms with van der Waals surface area (Å²) >= 11 is 0. The van der Waals surface area contributed by atoms with Gasteiger partial charge >= 0.3 is 11.8 Å². The summed E-state index contributed by atoms with van der Waals surface area (Å²) < 4.78 is 8.03. The largest absolute Gasteiger partial charge is 0.497 e. The average molecular weight is 305 g/mol. The number of hydrogen-bond donors (Lipinski definition) is 2. The summed E-state index contributed by atoms with van der Waals surface area (Å²) in [6.07, 6.45) is -0.108. The van der Waals surface area contributed by atoms with Crippen molar-refractivity contribution in [3.63, 3.8) is 0 Å². The third-order valence-corrected chi connectivity index (χ3v) is 4.11. The number of imidazole rings is 1. The SMILES string of the molecule is COc1ccc(C(CC(=O)O)c2n(O)c(C)c(C)[n+]2C)cc1. The molecule has 0 aliphatic rings. The summed E-state index contributed by atoms with van der Waals surface area (Å²) in [7, 11) is 3.40. The van der Waals surface area contributed by atoms with Gasteiger partial charge in [0.1, 0.15) is 11.4 Å². The van der Waals surface area contributed by atoms with Crippen molar-refractivity contribution in [2.24, 2.45) is 7.05 Å². The third-order valence-electron chi connectivity index (χ3n) is 4.11. The Kier molecular flexibility index (Phi) is 4.40. The Labute approximate surface area is 129 Å². The summed E-state index contributed by atoms with van der Waals surface area (Å²) in [5.41, 5.74) is 2.40. The zero-order valence-electron chi connectivity index (χ0n) is 13.2. The number of methoxy groups -OCH3 is 1. The standard InChI is InChI=1S/C16H20N2O4/c1-10-11(2)18(21)16(17(10)3)14(9-15(19)20)12-5-7-13(22-4)8-6-12/h5-8,14H,9H2,1-4H3,(H-,19,20,21)/p+1. The third kappa shape index (κ3) is 2.77. The second-order valence-corrected chi connectivity index (χ2v) is 5.32. The van der Waals surface area contributed by atoms with Gasteiger partial charge in [-0.3, -0.25) is 4.79 Å². The second kappa shape index (κ2) is 6.09. The number of aromatic nitrogens is 2. The van der Waals surface area contributed by atoms with Crippen molar-refractivity contribution in [3.05, 3.63) is 47.0 Å². The molecule has 0 saturated carbocycles. The molecule has 0 spiro atoms. The molecule has 1 aromatic heterocycles. The van der Waals surface area contributed by atoms with Gasteiger partial charge in [0.2, 0.25) is 0 Å². The van der Waals surface area contributed by atoms with E-state index in [1.807, 2.05) is 30.7 Å². The Morgan fingerprint density at radius 3 is 2.32 bits per heavy atom. The lowest BCUT2D eigenvalue weighted by Gasteiger charge is -2.12. The van der Waals surface area contributed by atoms with E-state index >= 15 is 0 Å². The zero-order chi connectivity index (χ0) is 16.4. The number of carbonyl (C=O) groups is 1. The lowest BCUT2D eigenvalue weighted by Crippen LogP contribution is -2.37. The molecule has 6 nitrogen and oxygen atoms in total. The summed E-state index contributed by atoms with van der Waals surface area (Å²) in [6.45, 7) is 3.68. The minimum Gasteiger partial charge on any atom is -0.497 e. The highest BCUT2D eigenvalue weighted by atomic mass is 16.5. The Morgan fingerprint density at radius 1 is 1.32 bits per heavy atom. The van der Waals surface area contributed by atoms with Gasteiger partial charge in [-0.05, 0) is 22.4 Å². The first-order valence-corrected chi connectivity index (χ1v) is 6.99. The molecule has 6 heteroatoms. The van der Waals surface area contributed by atoms with Gasteiger partial charge in [-0.2, -0.15) is 0 Å². The van der Waals surface area contributed by atoms with Gasteiger partial charge in [0, 0.05) is 13.8 Å². The number of benzene rings is 1. The Balaban J connectivity index is 2.55. The minimum atomic E-state index is -0.919. The lowest BCUT2D eigenvalue weighted by atomic mass is 9.94. The summed E-state index contributed by atoms with van der Waals surface area (Å²) in [4.78, 5) is 11.3. The summed E-state index contributed by atoms with van der Waals surface area (Å²) in [6, 6.07) is 7.22. The van der Waals surface area contributed by atoms with Crippen molar-refractivity contribution in [2.45, 2.75) is 26.2 Å². The maximum atomic E-state index is 11.3. The molecule has 0 radical (unpaired) electrons. The molecular formula is C16H21N2O4+. The molecule has 22 heavy (non-hydrogen) atoms. The molecule has 1 unspecified atom stereocenters. The van der Waals surface area contributed by atoms with Crippen molar-refractivity contribution >= 4 is 5.97 Å². The van der Waals surface area contributed by atoms with Gasteiger partial charge in [-0.25, -0.2) is 4.57 Å². The first-order valence-electron chi connectivity index (χ1n) is 6.99. The molecule has 0 aliphatic heterocycles. The predicted molar refractivity (Wildman–Crippen MR) is 79.4 cm³/mol. The predicted octanol–water partition coefficient (Wildman–Crippen LogP) is 1.78. The van der Waals surface area contributed by atoms with Crippen molar-refractivity contribution < 1.29 is 24.4 Å². The van der Waals surface area contributed by atoms with E-state index in [0.717, 1.165) is 16.0 Å². The molecule has 1 heterocycles. The topological polar surface area (TPSA) is 75.6 Å². The molecule has 118 valence electrons. The van der Waals surface area contributed by atoms with Crippen LogP contribution in [-0.2, 0) is 11.8 Å². The van der Waals surface area contributed by atoms with E-state index < -0.39 is 11.9 Å². The molecule has 0 aliphatic carbocycles. The van der Waals surface area contributed by atoms with Crippen LogP contribution in [0.25, 0.3) is 0 Å². The van der Waals surface area contributed by atoms with Gasteiger partial charge < -0.3 is 15.1 Å². The van der Waals surface area contributed by atoms with E-state index in [4.69, 9.17) is 4.74 Å². The molecule has 2 aromatic rings. The monoisotopic (exact) mass is 305 g/mol. The maximum absolute atomic E-state index is 11.3. The maximum Gasteiger partial charge on any atom is 0.304 e. The Bertz CT molecular complexity index is 664. The van der Waals surface area contributed by atoms with Gasteiger partial charge in [0.15, 0.2) is 5.69 Å². The lowest BCUT2D eigenvalue weighted by molar-refractivity contribution is -0.686. The van der Waals surface area contributed by atoms with E-state index in [-0.39, 0.29) is 6.42 Å².